The van der Waals surface area contributed by atoms with Crippen LogP contribution in [0.15, 0.2) is 16.6 Å². The van der Waals surface area contributed by atoms with Crippen molar-refractivity contribution in [3.05, 3.63) is 27.0 Å². The molecule has 0 saturated heterocycles. The number of rotatable bonds is 1. The summed E-state index contributed by atoms with van der Waals surface area (Å²) in [5, 5.41) is 0.892. The standard InChI is InChI=1S/C11H10BrNO2S/c1-5-3-8-6(4-7(5)12)9(13)10(16-8)11(14)15-2/h3-4H,13H2,1-2H3. The number of anilines is 1. The van der Waals surface area contributed by atoms with Gasteiger partial charge in [-0.3, -0.25) is 0 Å². The lowest BCUT2D eigenvalue weighted by atomic mass is 10.1. The number of benzene rings is 1. The van der Waals surface area contributed by atoms with Gasteiger partial charge in [-0.05, 0) is 24.6 Å². The maximum Gasteiger partial charge on any atom is 0.350 e. The summed E-state index contributed by atoms with van der Waals surface area (Å²) < 4.78 is 6.67. The van der Waals surface area contributed by atoms with Gasteiger partial charge < -0.3 is 10.5 Å². The van der Waals surface area contributed by atoms with Crippen molar-refractivity contribution >= 4 is 49.0 Å². The Morgan fingerprint density at radius 1 is 1.50 bits per heavy atom. The summed E-state index contributed by atoms with van der Waals surface area (Å²) in [7, 11) is 1.35. The Morgan fingerprint density at radius 3 is 2.81 bits per heavy atom. The number of carbonyl (C=O) groups excluding carboxylic acids is 1. The second-order valence-electron chi connectivity index (χ2n) is 3.43. The highest BCUT2D eigenvalue weighted by atomic mass is 79.9. The summed E-state index contributed by atoms with van der Waals surface area (Å²) in [5.74, 6) is -0.382. The first kappa shape index (κ1) is 11.4. The number of hydrogen-bond acceptors (Lipinski definition) is 4. The number of carbonyl (C=O) groups is 1. The van der Waals surface area contributed by atoms with Gasteiger partial charge in [-0.15, -0.1) is 11.3 Å². The molecule has 0 aliphatic heterocycles. The van der Waals surface area contributed by atoms with E-state index < -0.39 is 0 Å². The summed E-state index contributed by atoms with van der Waals surface area (Å²) in [5.41, 5.74) is 7.53. The van der Waals surface area contributed by atoms with Crippen molar-refractivity contribution in [1.82, 2.24) is 0 Å². The molecule has 0 saturated carbocycles. The summed E-state index contributed by atoms with van der Waals surface area (Å²) >= 11 is 4.81. The molecule has 0 amide bonds. The number of fused-ring (bicyclic) bond motifs is 1. The average molecular weight is 300 g/mol. The predicted molar refractivity (Wildman–Crippen MR) is 70.0 cm³/mol. The van der Waals surface area contributed by atoms with Crippen LogP contribution < -0.4 is 5.73 Å². The summed E-state index contributed by atoms with van der Waals surface area (Å²) in [6.07, 6.45) is 0. The van der Waals surface area contributed by atoms with Gasteiger partial charge >= 0.3 is 5.97 Å². The fraction of sp³-hybridized carbons (Fsp3) is 0.182. The van der Waals surface area contributed by atoms with E-state index in [1.54, 1.807) is 0 Å². The van der Waals surface area contributed by atoms with Crippen molar-refractivity contribution in [2.24, 2.45) is 0 Å². The lowest BCUT2D eigenvalue weighted by molar-refractivity contribution is 0.0607. The predicted octanol–water partition coefficient (Wildman–Crippen LogP) is 3.34. The lowest BCUT2D eigenvalue weighted by Gasteiger charge is -1.98. The zero-order chi connectivity index (χ0) is 11.9. The van der Waals surface area contributed by atoms with Gasteiger partial charge in [0.1, 0.15) is 4.88 Å². The Kier molecular flexibility index (Phi) is 2.90. The third-order valence-corrected chi connectivity index (χ3v) is 4.38. The molecule has 2 aromatic rings. The first-order valence-electron chi connectivity index (χ1n) is 4.61. The largest absolute Gasteiger partial charge is 0.465 e. The van der Waals surface area contributed by atoms with E-state index in [-0.39, 0.29) is 5.97 Å². The number of ether oxygens (including phenoxy) is 1. The van der Waals surface area contributed by atoms with Crippen LogP contribution in [0.3, 0.4) is 0 Å². The van der Waals surface area contributed by atoms with E-state index in [9.17, 15) is 4.79 Å². The van der Waals surface area contributed by atoms with Crippen LogP contribution in [0.25, 0.3) is 10.1 Å². The number of methoxy groups -OCH3 is 1. The van der Waals surface area contributed by atoms with Crippen molar-refractivity contribution in [2.75, 3.05) is 12.8 Å². The van der Waals surface area contributed by atoms with Gasteiger partial charge in [-0.25, -0.2) is 4.79 Å². The number of hydrogen-bond donors (Lipinski definition) is 1. The maximum atomic E-state index is 11.5. The Labute approximate surface area is 105 Å². The summed E-state index contributed by atoms with van der Waals surface area (Å²) in [6, 6.07) is 3.94. The minimum absolute atomic E-state index is 0.382. The van der Waals surface area contributed by atoms with E-state index in [0.29, 0.717) is 10.6 Å². The molecular formula is C11H10BrNO2S. The second kappa shape index (κ2) is 4.07. The van der Waals surface area contributed by atoms with Gasteiger partial charge in [-0.1, -0.05) is 15.9 Å². The van der Waals surface area contributed by atoms with Crippen molar-refractivity contribution in [2.45, 2.75) is 6.92 Å². The molecule has 0 atom stereocenters. The maximum absolute atomic E-state index is 11.5. The second-order valence-corrected chi connectivity index (χ2v) is 5.34. The highest BCUT2D eigenvalue weighted by molar-refractivity contribution is 9.10. The number of aryl methyl sites for hydroxylation is 1. The molecule has 0 aliphatic carbocycles. The van der Waals surface area contributed by atoms with Crippen LogP contribution >= 0.6 is 27.3 Å². The lowest BCUT2D eigenvalue weighted by Crippen LogP contribution is -2.01. The minimum atomic E-state index is -0.382. The highest BCUT2D eigenvalue weighted by Crippen LogP contribution is 2.37. The van der Waals surface area contributed by atoms with Crippen LogP contribution in [0.4, 0.5) is 5.69 Å². The molecule has 1 aromatic heterocycles. The van der Waals surface area contributed by atoms with Gasteiger partial charge in [0, 0.05) is 14.6 Å². The first-order valence-corrected chi connectivity index (χ1v) is 6.22. The highest BCUT2D eigenvalue weighted by Gasteiger charge is 2.17. The van der Waals surface area contributed by atoms with Crippen molar-refractivity contribution in [3.63, 3.8) is 0 Å². The smallest absolute Gasteiger partial charge is 0.350 e. The Morgan fingerprint density at radius 2 is 2.19 bits per heavy atom. The average Bonchev–Trinajstić information content (AvgIpc) is 2.56. The molecule has 2 N–H and O–H groups in total. The number of esters is 1. The Hall–Kier alpha value is -1.07. The molecule has 0 bridgehead atoms. The molecule has 3 nitrogen and oxygen atoms in total. The minimum Gasteiger partial charge on any atom is -0.465 e. The molecule has 1 aromatic carbocycles. The van der Waals surface area contributed by atoms with E-state index in [0.717, 1.165) is 20.1 Å². The summed E-state index contributed by atoms with van der Waals surface area (Å²) in [4.78, 5) is 11.9. The number of nitrogens with two attached hydrogens (primary N) is 1. The van der Waals surface area contributed by atoms with E-state index in [2.05, 4.69) is 20.7 Å². The van der Waals surface area contributed by atoms with Crippen LogP contribution in [-0.2, 0) is 4.74 Å². The molecule has 2 rings (SSSR count). The quantitative estimate of drug-likeness (QED) is 0.822. The zero-order valence-electron chi connectivity index (χ0n) is 8.83. The first-order chi connectivity index (χ1) is 7.54. The molecular weight excluding hydrogens is 290 g/mol. The van der Waals surface area contributed by atoms with Crippen molar-refractivity contribution < 1.29 is 9.53 Å². The fourth-order valence-corrected chi connectivity index (χ4v) is 2.95. The van der Waals surface area contributed by atoms with E-state index >= 15 is 0 Å². The molecule has 1 heterocycles. The molecule has 5 heteroatoms. The van der Waals surface area contributed by atoms with Gasteiger partial charge in [0.2, 0.25) is 0 Å². The molecule has 0 aliphatic rings. The Balaban J connectivity index is 2.73. The Bertz CT molecular complexity index is 577. The number of thiophene rings is 1. The van der Waals surface area contributed by atoms with Gasteiger partial charge in [0.15, 0.2) is 0 Å². The molecule has 0 spiro atoms. The normalized spacial score (nSPS) is 10.7. The van der Waals surface area contributed by atoms with Gasteiger partial charge in [-0.2, -0.15) is 0 Å². The SMILES string of the molecule is COC(=O)c1sc2cc(C)c(Br)cc2c1N. The van der Waals surface area contributed by atoms with Gasteiger partial charge in [0.25, 0.3) is 0 Å². The van der Waals surface area contributed by atoms with Crippen LogP contribution in [0.5, 0.6) is 0 Å². The van der Waals surface area contributed by atoms with Crippen molar-refractivity contribution in [3.8, 4) is 0 Å². The zero-order valence-corrected chi connectivity index (χ0v) is 11.2. The molecule has 16 heavy (non-hydrogen) atoms. The van der Waals surface area contributed by atoms with E-state index in [1.807, 2.05) is 19.1 Å². The molecule has 0 unspecified atom stereocenters. The monoisotopic (exact) mass is 299 g/mol. The molecule has 0 fully saturated rings. The topological polar surface area (TPSA) is 52.3 Å². The van der Waals surface area contributed by atoms with E-state index in [1.165, 1.54) is 18.4 Å². The third kappa shape index (κ3) is 1.70. The van der Waals surface area contributed by atoms with Crippen LogP contribution in [0.2, 0.25) is 0 Å². The number of halogens is 1. The fourth-order valence-electron chi connectivity index (χ4n) is 1.48. The number of nitrogen functional groups attached to an aromatic ring is 1. The van der Waals surface area contributed by atoms with E-state index in [4.69, 9.17) is 5.73 Å². The van der Waals surface area contributed by atoms with Crippen LogP contribution in [0, 0.1) is 6.92 Å². The van der Waals surface area contributed by atoms with Crippen LogP contribution in [-0.4, -0.2) is 13.1 Å². The molecule has 0 radical (unpaired) electrons. The summed E-state index contributed by atoms with van der Waals surface area (Å²) in [6.45, 7) is 2.00. The molecule has 84 valence electrons. The van der Waals surface area contributed by atoms with Crippen molar-refractivity contribution in [1.29, 1.82) is 0 Å². The van der Waals surface area contributed by atoms with Gasteiger partial charge in [0.05, 0.1) is 12.8 Å². The van der Waals surface area contributed by atoms with Crippen LogP contribution in [0.1, 0.15) is 15.2 Å². The third-order valence-electron chi connectivity index (χ3n) is 2.38.